The molecule has 1 unspecified atom stereocenters. The molecule has 1 aromatic carbocycles. The van der Waals surface area contributed by atoms with Gasteiger partial charge in [0, 0.05) is 36.9 Å². The maximum atomic E-state index is 12.6. The monoisotopic (exact) mass is 274 g/mol. The van der Waals surface area contributed by atoms with Gasteiger partial charge in [-0.05, 0) is 50.1 Å². The van der Waals surface area contributed by atoms with Gasteiger partial charge in [0.05, 0.1) is 0 Å². The molecular formula is C15H22N4O. The van der Waals surface area contributed by atoms with Crippen LogP contribution in [-0.4, -0.2) is 47.9 Å². The van der Waals surface area contributed by atoms with Crippen LogP contribution in [0.4, 0.5) is 5.69 Å². The van der Waals surface area contributed by atoms with Gasteiger partial charge in [0.2, 0.25) is 0 Å². The molecule has 5 heteroatoms. The Morgan fingerprint density at radius 3 is 2.65 bits per heavy atom. The number of carbonyl (C=O) groups is 1. The zero-order chi connectivity index (χ0) is 13.9. The zero-order valence-corrected chi connectivity index (χ0v) is 11.7. The summed E-state index contributed by atoms with van der Waals surface area (Å²) in [7, 11) is 0. The van der Waals surface area contributed by atoms with E-state index >= 15 is 0 Å². The standard InChI is InChI=1S/C15H22N4O/c16-17-13-6-4-12(5-7-13)15(20)19-10-2-9-18-8-1-3-14(18)11-19/h4-7,14,17H,1-3,8-11,16H2. The molecule has 0 aliphatic carbocycles. The van der Waals surface area contributed by atoms with E-state index in [1.54, 1.807) is 0 Å². The molecule has 2 aliphatic heterocycles. The van der Waals surface area contributed by atoms with Gasteiger partial charge in [0.25, 0.3) is 5.91 Å². The van der Waals surface area contributed by atoms with Crippen molar-refractivity contribution in [2.75, 3.05) is 31.6 Å². The van der Waals surface area contributed by atoms with Gasteiger partial charge < -0.3 is 10.3 Å². The molecule has 0 bridgehead atoms. The highest BCUT2D eigenvalue weighted by Crippen LogP contribution is 2.22. The first kappa shape index (κ1) is 13.4. The molecule has 2 heterocycles. The van der Waals surface area contributed by atoms with E-state index in [-0.39, 0.29) is 5.91 Å². The highest BCUT2D eigenvalue weighted by atomic mass is 16.2. The van der Waals surface area contributed by atoms with Crippen molar-refractivity contribution in [3.63, 3.8) is 0 Å². The normalized spacial score (nSPS) is 23.2. The maximum absolute atomic E-state index is 12.6. The van der Waals surface area contributed by atoms with E-state index in [9.17, 15) is 4.79 Å². The molecule has 0 aromatic heterocycles. The minimum Gasteiger partial charge on any atom is -0.337 e. The Bertz CT molecular complexity index is 473. The van der Waals surface area contributed by atoms with Crippen LogP contribution in [0, 0.1) is 0 Å². The van der Waals surface area contributed by atoms with Crippen LogP contribution in [0.2, 0.25) is 0 Å². The molecule has 0 spiro atoms. The topological polar surface area (TPSA) is 61.6 Å². The Balaban J connectivity index is 1.71. The first-order valence-corrected chi connectivity index (χ1v) is 7.38. The Morgan fingerprint density at radius 1 is 1.15 bits per heavy atom. The number of fused-ring (bicyclic) bond motifs is 1. The molecule has 0 radical (unpaired) electrons. The number of nitrogen functional groups attached to an aromatic ring is 1. The Kier molecular flexibility index (Phi) is 3.89. The van der Waals surface area contributed by atoms with Crippen molar-refractivity contribution in [3.05, 3.63) is 29.8 Å². The fourth-order valence-corrected chi connectivity index (χ4v) is 3.28. The molecule has 2 saturated heterocycles. The van der Waals surface area contributed by atoms with Gasteiger partial charge in [-0.3, -0.25) is 15.5 Å². The summed E-state index contributed by atoms with van der Waals surface area (Å²) in [5.41, 5.74) is 4.15. The number of nitrogens with zero attached hydrogens (tertiary/aromatic N) is 2. The Labute approximate surface area is 119 Å². The van der Waals surface area contributed by atoms with Gasteiger partial charge in [0.15, 0.2) is 0 Å². The second-order valence-electron chi connectivity index (χ2n) is 5.66. The van der Waals surface area contributed by atoms with Crippen molar-refractivity contribution >= 4 is 11.6 Å². The lowest BCUT2D eigenvalue weighted by molar-refractivity contribution is 0.0743. The number of anilines is 1. The summed E-state index contributed by atoms with van der Waals surface area (Å²) in [5.74, 6) is 5.49. The second kappa shape index (κ2) is 5.81. The van der Waals surface area contributed by atoms with Gasteiger partial charge in [-0.1, -0.05) is 0 Å². The average molecular weight is 274 g/mol. The summed E-state index contributed by atoms with van der Waals surface area (Å²) in [6, 6.07) is 7.93. The summed E-state index contributed by atoms with van der Waals surface area (Å²) in [4.78, 5) is 17.1. The largest absolute Gasteiger partial charge is 0.337 e. The van der Waals surface area contributed by atoms with Crippen molar-refractivity contribution in [1.29, 1.82) is 0 Å². The molecule has 1 atom stereocenters. The van der Waals surface area contributed by atoms with Crippen LogP contribution in [-0.2, 0) is 0 Å². The van der Waals surface area contributed by atoms with Crippen molar-refractivity contribution in [2.45, 2.75) is 25.3 Å². The molecule has 2 aliphatic rings. The Hall–Kier alpha value is -1.59. The van der Waals surface area contributed by atoms with Gasteiger partial charge in [0.1, 0.15) is 0 Å². The van der Waals surface area contributed by atoms with E-state index in [2.05, 4.69) is 10.3 Å². The summed E-state index contributed by atoms with van der Waals surface area (Å²) >= 11 is 0. The molecular weight excluding hydrogens is 252 g/mol. The number of nitrogens with one attached hydrogen (secondary N) is 1. The van der Waals surface area contributed by atoms with E-state index in [0.29, 0.717) is 6.04 Å². The van der Waals surface area contributed by atoms with E-state index in [4.69, 9.17) is 5.84 Å². The molecule has 2 fully saturated rings. The van der Waals surface area contributed by atoms with Crippen molar-refractivity contribution in [1.82, 2.24) is 9.80 Å². The summed E-state index contributed by atoms with van der Waals surface area (Å²) in [6.07, 6.45) is 3.56. The summed E-state index contributed by atoms with van der Waals surface area (Å²) in [6.45, 7) is 4.06. The highest BCUT2D eigenvalue weighted by Gasteiger charge is 2.30. The molecule has 1 aromatic rings. The number of nitrogens with two attached hydrogens (primary N) is 1. The van der Waals surface area contributed by atoms with Crippen LogP contribution in [0.1, 0.15) is 29.6 Å². The van der Waals surface area contributed by atoms with Crippen LogP contribution in [0.15, 0.2) is 24.3 Å². The fourth-order valence-electron chi connectivity index (χ4n) is 3.28. The van der Waals surface area contributed by atoms with Crippen molar-refractivity contribution in [2.24, 2.45) is 5.84 Å². The first-order chi connectivity index (χ1) is 9.78. The van der Waals surface area contributed by atoms with Crippen molar-refractivity contribution < 1.29 is 4.79 Å². The molecule has 1 amide bonds. The number of benzene rings is 1. The SMILES string of the molecule is NNc1ccc(C(=O)N2CCCN3CCCC3C2)cc1. The molecule has 108 valence electrons. The lowest BCUT2D eigenvalue weighted by atomic mass is 10.1. The number of carbonyl (C=O) groups excluding carboxylic acids is 1. The molecule has 3 rings (SSSR count). The smallest absolute Gasteiger partial charge is 0.253 e. The summed E-state index contributed by atoms with van der Waals surface area (Å²) in [5, 5.41) is 0. The van der Waals surface area contributed by atoms with Gasteiger partial charge in [-0.25, -0.2) is 0 Å². The van der Waals surface area contributed by atoms with Crippen LogP contribution in [0.5, 0.6) is 0 Å². The predicted molar refractivity (Wildman–Crippen MR) is 79.4 cm³/mol. The first-order valence-electron chi connectivity index (χ1n) is 7.38. The Morgan fingerprint density at radius 2 is 1.90 bits per heavy atom. The van der Waals surface area contributed by atoms with E-state index in [1.165, 1.54) is 19.4 Å². The minimum atomic E-state index is 0.141. The third-order valence-electron chi connectivity index (χ3n) is 4.39. The van der Waals surface area contributed by atoms with Crippen LogP contribution < -0.4 is 11.3 Å². The van der Waals surface area contributed by atoms with E-state index in [0.717, 1.165) is 37.3 Å². The van der Waals surface area contributed by atoms with Crippen molar-refractivity contribution in [3.8, 4) is 0 Å². The second-order valence-corrected chi connectivity index (χ2v) is 5.66. The lowest BCUT2D eigenvalue weighted by Crippen LogP contribution is -2.39. The molecule has 20 heavy (non-hydrogen) atoms. The quantitative estimate of drug-likeness (QED) is 0.630. The number of rotatable bonds is 2. The average Bonchev–Trinajstić information content (AvgIpc) is 2.83. The number of hydrazine groups is 1. The number of amides is 1. The molecule has 3 N–H and O–H groups in total. The van der Waals surface area contributed by atoms with E-state index in [1.807, 2.05) is 29.2 Å². The molecule has 0 saturated carbocycles. The van der Waals surface area contributed by atoms with Gasteiger partial charge >= 0.3 is 0 Å². The fraction of sp³-hybridized carbons (Fsp3) is 0.533. The molecule has 5 nitrogen and oxygen atoms in total. The van der Waals surface area contributed by atoms with Gasteiger partial charge in [-0.15, -0.1) is 0 Å². The third kappa shape index (κ3) is 2.64. The number of hydrogen-bond acceptors (Lipinski definition) is 4. The summed E-state index contributed by atoms with van der Waals surface area (Å²) < 4.78 is 0. The van der Waals surface area contributed by atoms with Crippen LogP contribution in [0.3, 0.4) is 0 Å². The van der Waals surface area contributed by atoms with Crippen LogP contribution in [0.25, 0.3) is 0 Å². The van der Waals surface area contributed by atoms with Crippen LogP contribution >= 0.6 is 0 Å². The maximum Gasteiger partial charge on any atom is 0.253 e. The zero-order valence-electron chi connectivity index (χ0n) is 11.7. The highest BCUT2D eigenvalue weighted by molar-refractivity contribution is 5.94. The third-order valence-corrected chi connectivity index (χ3v) is 4.39. The minimum absolute atomic E-state index is 0.141. The predicted octanol–water partition coefficient (Wildman–Crippen LogP) is 1.28. The van der Waals surface area contributed by atoms with E-state index < -0.39 is 0 Å². The van der Waals surface area contributed by atoms with Gasteiger partial charge in [-0.2, -0.15) is 0 Å². The lowest BCUT2D eigenvalue weighted by Gasteiger charge is -2.25. The number of hydrogen-bond donors (Lipinski definition) is 2.